The molecule has 0 aliphatic heterocycles. The van der Waals surface area contributed by atoms with Gasteiger partial charge in [0.1, 0.15) is 5.75 Å². The van der Waals surface area contributed by atoms with Gasteiger partial charge in [-0.3, -0.25) is 14.9 Å². The minimum Gasteiger partial charge on any atom is -0.497 e. The number of carbonyl (C=O) groups excluding carboxylic acids is 1. The first-order valence-corrected chi connectivity index (χ1v) is 8.35. The van der Waals surface area contributed by atoms with Gasteiger partial charge in [0.2, 0.25) is 6.41 Å². The molecule has 3 rings (SSSR count). The number of halogens is 1. The van der Waals surface area contributed by atoms with Gasteiger partial charge in [-0.15, -0.1) is 0 Å². The van der Waals surface area contributed by atoms with Crippen LogP contribution < -0.4 is 15.2 Å². The number of nitrogens with zero attached hydrogens (tertiary/aromatic N) is 3. The molecular weight excluding hydrogens is 384 g/mol. The number of hydrogen-bond donors (Lipinski definition) is 1. The number of amides is 1. The molecule has 0 radical (unpaired) electrons. The lowest BCUT2D eigenvalue weighted by Gasteiger charge is -2.20. The quantitative estimate of drug-likeness (QED) is 0.504. The predicted molar refractivity (Wildman–Crippen MR) is 102 cm³/mol. The number of hydrazine groups is 1. The van der Waals surface area contributed by atoms with Gasteiger partial charge in [-0.2, -0.15) is 5.10 Å². The van der Waals surface area contributed by atoms with Crippen molar-refractivity contribution in [2.45, 2.75) is 0 Å². The van der Waals surface area contributed by atoms with Crippen molar-refractivity contribution in [3.63, 3.8) is 0 Å². The lowest BCUT2D eigenvalue weighted by molar-refractivity contribution is -0.107. The van der Waals surface area contributed by atoms with Crippen molar-refractivity contribution in [3.05, 3.63) is 59.2 Å². The number of aryl methyl sites for hydroxylation is 1. The van der Waals surface area contributed by atoms with E-state index in [4.69, 9.17) is 4.74 Å². The zero-order valence-corrected chi connectivity index (χ0v) is 15.4. The predicted octanol–water partition coefficient (Wildman–Crippen LogP) is 3.85. The Morgan fingerprint density at radius 2 is 2.00 bits per heavy atom. The number of methoxy groups -OCH3 is 1. The van der Waals surface area contributed by atoms with Gasteiger partial charge in [0.25, 0.3) is 0 Å². The van der Waals surface area contributed by atoms with Crippen molar-refractivity contribution in [1.82, 2.24) is 9.78 Å². The summed E-state index contributed by atoms with van der Waals surface area (Å²) < 4.78 is 7.85. The van der Waals surface area contributed by atoms with Gasteiger partial charge in [-0.05, 0) is 52.3 Å². The molecule has 1 N–H and O–H groups in total. The average Bonchev–Trinajstić information content (AvgIpc) is 2.98. The first-order chi connectivity index (χ1) is 12.1. The molecule has 2 aromatic carbocycles. The van der Waals surface area contributed by atoms with Crippen LogP contribution in [0.25, 0.3) is 11.3 Å². The Morgan fingerprint density at radius 3 is 2.60 bits per heavy atom. The zero-order valence-electron chi connectivity index (χ0n) is 13.8. The van der Waals surface area contributed by atoms with Crippen LogP contribution in [0.3, 0.4) is 0 Å². The SMILES string of the molecule is COc1ccc(N(C=O)Nc2cccc(-c3c(Br)cnn3C)c2)cc1. The fraction of sp³-hybridized carbons (Fsp3) is 0.111. The van der Waals surface area contributed by atoms with Gasteiger partial charge in [0, 0.05) is 12.6 Å². The smallest absolute Gasteiger partial charge is 0.232 e. The standard InChI is InChI=1S/C18H17BrN4O2/c1-22-18(17(19)11-20-22)13-4-3-5-14(10-13)21-23(12-24)15-6-8-16(25-2)9-7-15/h3-12,21H,1-2H3. The molecule has 0 fully saturated rings. The Kier molecular flexibility index (Phi) is 5.04. The number of nitrogens with one attached hydrogen (secondary N) is 1. The van der Waals surface area contributed by atoms with Gasteiger partial charge in [0.05, 0.1) is 34.8 Å². The van der Waals surface area contributed by atoms with Crippen LogP contribution in [-0.4, -0.2) is 23.3 Å². The van der Waals surface area contributed by atoms with Gasteiger partial charge in [0.15, 0.2) is 0 Å². The Hall–Kier alpha value is -2.80. The van der Waals surface area contributed by atoms with Crippen molar-refractivity contribution in [2.24, 2.45) is 7.05 Å². The van der Waals surface area contributed by atoms with Crippen LogP contribution in [-0.2, 0) is 11.8 Å². The van der Waals surface area contributed by atoms with Crippen LogP contribution in [0.4, 0.5) is 11.4 Å². The van der Waals surface area contributed by atoms with Gasteiger partial charge < -0.3 is 4.74 Å². The number of hydrogen-bond acceptors (Lipinski definition) is 4. The van der Waals surface area contributed by atoms with Crippen LogP contribution in [0.1, 0.15) is 0 Å². The highest BCUT2D eigenvalue weighted by Crippen LogP contribution is 2.29. The lowest BCUT2D eigenvalue weighted by atomic mass is 10.1. The van der Waals surface area contributed by atoms with Gasteiger partial charge >= 0.3 is 0 Å². The highest BCUT2D eigenvalue weighted by Gasteiger charge is 2.11. The second kappa shape index (κ2) is 7.40. The minimum atomic E-state index is 0.711. The average molecular weight is 401 g/mol. The van der Waals surface area contributed by atoms with Crippen molar-refractivity contribution < 1.29 is 9.53 Å². The molecule has 25 heavy (non-hydrogen) atoms. The van der Waals surface area contributed by atoms with E-state index in [2.05, 4.69) is 26.5 Å². The van der Waals surface area contributed by atoms with Crippen LogP contribution in [0.2, 0.25) is 0 Å². The fourth-order valence-corrected chi connectivity index (χ4v) is 3.08. The van der Waals surface area contributed by atoms with E-state index in [0.29, 0.717) is 5.69 Å². The number of rotatable bonds is 6. The summed E-state index contributed by atoms with van der Waals surface area (Å²) in [5.74, 6) is 0.734. The molecule has 0 saturated heterocycles. The van der Waals surface area contributed by atoms with Gasteiger partial charge in [-0.25, -0.2) is 5.01 Å². The summed E-state index contributed by atoms with van der Waals surface area (Å²) in [5, 5.41) is 5.65. The molecule has 128 valence electrons. The molecule has 0 aliphatic carbocycles. The van der Waals surface area contributed by atoms with Crippen molar-refractivity contribution in [3.8, 4) is 17.0 Å². The van der Waals surface area contributed by atoms with E-state index in [1.807, 2.05) is 43.4 Å². The van der Waals surface area contributed by atoms with E-state index in [9.17, 15) is 4.79 Å². The molecule has 3 aromatic rings. The zero-order chi connectivity index (χ0) is 17.8. The fourth-order valence-electron chi connectivity index (χ4n) is 2.51. The molecule has 0 unspecified atom stereocenters. The maximum Gasteiger partial charge on any atom is 0.232 e. The van der Waals surface area contributed by atoms with E-state index >= 15 is 0 Å². The molecule has 6 nitrogen and oxygen atoms in total. The monoisotopic (exact) mass is 400 g/mol. The maximum atomic E-state index is 11.5. The van der Waals surface area contributed by atoms with Crippen molar-refractivity contribution >= 4 is 33.7 Å². The number of ether oxygens (including phenoxy) is 1. The molecule has 7 heteroatoms. The Labute approximate surface area is 154 Å². The summed E-state index contributed by atoms with van der Waals surface area (Å²) in [6, 6.07) is 15.0. The van der Waals surface area contributed by atoms with Crippen LogP contribution in [0, 0.1) is 0 Å². The molecule has 1 aromatic heterocycles. The molecule has 0 bridgehead atoms. The van der Waals surface area contributed by atoms with Crippen molar-refractivity contribution in [1.29, 1.82) is 0 Å². The summed E-state index contributed by atoms with van der Waals surface area (Å²) in [4.78, 5) is 11.5. The lowest BCUT2D eigenvalue weighted by Crippen LogP contribution is -2.27. The summed E-state index contributed by atoms with van der Waals surface area (Å²) >= 11 is 3.51. The molecule has 0 saturated carbocycles. The first-order valence-electron chi connectivity index (χ1n) is 7.55. The number of benzene rings is 2. The summed E-state index contributed by atoms with van der Waals surface area (Å²) in [7, 11) is 3.49. The second-order valence-corrected chi connectivity index (χ2v) is 6.19. The maximum absolute atomic E-state index is 11.5. The second-order valence-electron chi connectivity index (χ2n) is 5.33. The number of aromatic nitrogens is 2. The highest BCUT2D eigenvalue weighted by molar-refractivity contribution is 9.10. The van der Waals surface area contributed by atoms with E-state index in [1.54, 1.807) is 30.1 Å². The van der Waals surface area contributed by atoms with Crippen LogP contribution in [0.15, 0.2) is 59.2 Å². The third-order valence-corrected chi connectivity index (χ3v) is 4.32. The Bertz CT molecular complexity index is 858. The molecule has 0 aliphatic rings. The van der Waals surface area contributed by atoms with E-state index in [-0.39, 0.29) is 0 Å². The van der Waals surface area contributed by atoms with Crippen molar-refractivity contribution in [2.75, 3.05) is 17.5 Å². The summed E-state index contributed by atoms with van der Waals surface area (Å²) in [6.07, 6.45) is 2.49. The Balaban J connectivity index is 1.86. The molecule has 1 amide bonds. The normalized spacial score (nSPS) is 10.4. The van der Waals surface area contributed by atoms with Crippen LogP contribution in [0.5, 0.6) is 5.75 Å². The van der Waals surface area contributed by atoms with E-state index in [1.165, 1.54) is 5.01 Å². The summed E-state index contributed by atoms with van der Waals surface area (Å²) in [6.45, 7) is 0. The van der Waals surface area contributed by atoms with Crippen LogP contribution >= 0.6 is 15.9 Å². The third kappa shape index (κ3) is 3.66. The number of carbonyl (C=O) groups is 1. The third-order valence-electron chi connectivity index (χ3n) is 3.74. The topological polar surface area (TPSA) is 59.4 Å². The minimum absolute atomic E-state index is 0.711. The number of anilines is 2. The van der Waals surface area contributed by atoms with E-state index < -0.39 is 0 Å². The van der Waals surface area contributed by atoms with E-state index in [0.717, 1.165) is 33.6 Å². The molecule has 1 heterocycles. The highest BCUT2D eigenvalue weighted by atomic mass is 79.9. The Morgan fingerprint density at radius 1 is 1.24 bits per heavy atom. The summed E-state index contributed by atoms with van der Waals surface area (Å²) in [5.41, 5.74) is 6.55. The molecule has 0 spiro atoms. The first kappa shape index (κ1) is 17.0. The molecular formula is C18H17BrN4O2. The molecule has 0 atom stereocenters. The van der Waals surface area contributed by atoms with Gasteiger partial charge in [-0.1, -0.05) is 12.1 Å². The largest absolute Gasteiger partial charge is 0.497 e.